The number of carboxylic acids is 1. The second-order valence-corrected chi connectivity index (χ2v) is 7.06. The molecule has 0 saturated carbocycles. The minimum Gasteiger partial charge on any atom is -0.478 e. The first kappa shape index (κ1) is 15.3. The third-order valence-electron chi connectivity index (χ3n) is 3.57. The number of sulfonamides is 1. The molecule has 0 aliphatic carbocycles. The van der Waals surface area contributed by atoms with E-state index in [9.17, 15) is 13.2 Å². The molecule has 1 N–H and O–H groups in total. The molecular formula is C13H16ClNO4S. The Kier molecular flexibility index (Phi) is 4.36. The Labute approximate surface area is 123 Å². The van der Waals surface area contributed by atoms with Gasteiger partial charge in [-0.1, -0.05) is 18.5 Å². The van der Waals surface area contributed by atoms with Crippen LogP contribution in [-0.2, 0) is 10.0 Å². The van der Waals surface area contributed by atoms with E-state index in [1.165, 1.54) is 16.4 Å². The molecule has 1 aliphatic rings. The summed E-state index contributed by atoms with van der Waals surface area (Å²) in [7, 11) is -3.66. The zero-order valence-electron chi connectivity index (χ0n) is 11.0. The Morgan fingerprint density at radius 2 is 2.20 bits per heavy atom. The highest BCUT2D eigenvalue weighted by molar-refractivity contribution is 7.89. The van der Waals surface area contributed by atoms with Crippen molar-refractivity contribution in [1.29, 1.82) is 0 Å². The van der Waals surface area contributed by atoms with Crippen LogP contribution in [0.4, 0.5) is 0 Å². The molecule has 0 bridgehead atoms. The average molecular weight is 318 g/mol. The second kappa shape index (κ2) is 5.71. The van der Waals surface area contributed by atoms with Gasteiger partial charge in [-0.05, 0) is 37.5 Å². The van der Waals surface area contributed by atoms with E-state index < -0.39 is 16.0 Å². The van der Waals surface area contributed by atoms with Gasteiger partial charge >= 0.3 is 5.97 Å². The van der Waals surface area contributed by atoms with E-state index in [4.69, 9.17) is 16.7 Å². The molecule has 1 fully saturated rings. The number of hydrogen-bond donors (Lipinski definition) is 1. The summed E-state index contributed by atoms with van der Waals surface area (Å²) in [6.07, 6.45) is 2.42. The lowest BCUT2D eigenvalue weighted by atomic mass is 10.2. The van der Waals surface area contributed by atoms with Crippen LogP contribution in [0.15, 0.2) is 23.1 Å². The molecule has 1 aliphatic heterocycles. The van der Waals surface area contributed by atoms with Crippen LogP contribution < -0.4 is 0 Å². The van der Waals surface area contributed by atoms with Gasteiger partial charge < -0.3 is 5.11 Å². The number of aromatic carboxylic acids is 1. The van der Waals surface area contributed by atoms with Crippen LogP contribution in [0.25, 0.3) is 0 Å². The number of halogens is 1. The summed E-state index contributed by atoms with van der Waals surface area (Å²) in [4.78, 5) is 11.0. The van der Waals surface area contributed by atoms with Gasteiger partial charge in [0, 0.05) is 12.6 Å². The summed E-state index contributed by atoms with van der Waals surface area (Å²) in [5.74, 6) is -1.24. The van der Waals surface area contributed by atoms with Crippen LogP contribution >= 0.6 is 11.6 Å². The van der Waals surface area contributed by atoms with Crippen LogP contribution in [0.5, 0.6) is 0 Å². The lowest BCUT2D eigenvalue weighted by molar-refractivity contribution is 0.0697. The molecule has 0 radical (unpaired) electrons. The SMILES string of the molecule is CCC1CCCN1S(=O)(=O)c1ccc(Cl)c(C(=O)O)c1. The van der Waals surface area contributed by atoms with Crippen LogP contribution in [0.1, 0.15) is 36.5 Å². The third-order valence-corrected chi connectivity index (χ3v) is 5.85. The Bertz CT molecular complexity index is 629. The molecule has 2 rings (SSSR count). The van der Waals surface area contributed by atoms with Crippen molar-refractivity contribution in [3.05, 3.63) is 28.8 Å². The molecule has 1 saturated heterocycles. The molecule has 0 amide bonds. The number of carbonyl (C=O) groups is 1. The van der Waals surface area contributed by atoms with Crippen LogP contribution in [0.3, 0.4) is 0 Å². The maximum atomic E-state index is 12.6. The first-order valence-electron chi connectivity index (χ1n) is 6.42. The number of rotatable bonds is 4. The fraction of sp³-hybridized carbons (Fsp3) is 0.462. The molecule has 110 valence electrons. The molecule has 0 aromatic heterocycles. The number of benzene rings is 1. The average Bonchev–Trinajstić information content (AvgIpc) is 2.87. The zero-order valence-corrected chi connectivity index (χ0v) is 12.6. The van der Waals surface area contributed by atoms with Gasteiger partial charge in [0.05, 0.1) is 15.5 Å². The number of nitrogens with zero attached hydrogens (tertiary/aromatic N) is 1. The van der Waals surface area contributed by atoms with Gasteiger partial charge in [0.25, 0.3) is 0 Å². The molecule has 0 spiro atoms. The van der Waals surface area contributed by atoms with Gasteiger partial charge in [-0.3, -0.25) is 0 Å². The van der Waals surface area contributed by atoms with Crippen molar-refractivity contribution in [2.45, 2.75) is 37.1 Å². The first-order chi connectivity index (χ1) is 9.37. The summed E-state index contributed by atoms with van der Waals surface area (Å²) >= 11 is 5.77. The maximum absolute atomic E-state index is 12.6. The molecule has 1 aromatic rings. The summed E-state index contributed by atoms with van der Waals surface area (Å²) < 4.78 is 26.6. The predicted octanol–water partition coefficient (Wildman–Crippen LogP) is 2.60. The smallest absolute Gasteiger partial charge is 0.337 e. The predicted molar refractivity (Wildman–Crippen MR) is 75.6 cm³/mol. The third kappa shape index (κ3) is 2.68. The maximum Gasteiger partial charge on any atom is 0.337 e. The van der Waals surface area contributed by atoms with Gasteiger partial charge in [-0.25, -0.2) is 13.2 Å². The quantitative estimate of drug-likeness (QED) is 0.926. The van der Waals surface area contributed by atoms with Crippen molar-refractivity contribution < 1.29 is 18.3 Å². The summed E-state index contributed by atoms with van der Waals surface area (Å²) in [6.45, 7) is 2.43. The Morgan fingerprint density at radius 3 is 2.80 bits per heavy atom. The topological polar surface area (TPSA) is 74.7 Å². The summed E-state index contributed by atoms with van der Waals surface area (Å²) in [5, 5.41) is 9.06. The molecule has 1 atom stereocenters. The molecule has 7 heteroatoms. The van der Waals surface area contributed by atoms with Gasteiger partial charge in [-0.2, -0.15) is 4.31 Å². The second-order valence-electron chi connectivity index (χ2n) is 4.77. The van der Waals surface area contributed by atoms with Gasteiger partial charge in [-0.15, -0.1) is 0 Å². The molecule has 20 heavy (non-hydrogen) atoms. The largest absolute Gasteiger partial charge is 0.478 e. The fourth-order valence-electron chi connectivity index (χ4n) is 2.50. The van der Waals surface area contributed by atoms with Gasteiger partial charge in [0.15, 0.2) is 0 Å². The standard InChI is InChI=1S/C13H16ClNO4S/c1-2-9-4-3-7-15(9)20(18,19)10-5-6-12(14)11(8-10)13(16)17/h5-6,8-9H,2-4,7H2,1H3,(H,16,17). The Morgan fingerprint density at radius 1 is 1.50 bits per heavy atom. The number of carboxylic acid groups (broad SMARTS) is 1. The fourth-order valence-corrected chi connectivity index (χ4v) is 4.49. The summed E-state index contributed by atoms with van der Waals surface area (Å²) in [6, 6.07) is 3.79. The van der Waals surface area contributed by atoms with E-state index in [1.807, 2.05) is 6.92 Å². The van der Waals surface area contributed by atoms with Crippen LogP contribution in [0, 0.1) is 0 Å². The van der Waals surface area contributed by atoms with Crippen molar-refractivity contribution in [1.82, 2.24) is 4.31 Å². The monoisotopic (exact) mass is 317 g/mol. The van der Waals surface area contributed by atoms with E-state index in [2.05, 4.69) is 0 Å². The number of hydrogen-bond acceptors (Lipinski definition) is 3. The lowest BCUT2D eigenvalue weighted by Crippen LogP contribution is -2.35. The van der Waals surface area contributed by atoms with E-state index in [0.717, 1.165) is 25.3 Å². The normalized spacial score (nSPS) is 20.2. The first-order valence-corrected chi connectivity index (χ1v) is 8.24. The highest BCUT2D eigenvalue weighted by atomic mass is 35.5. The summed E-state index contributed by atoms with van der Waals surface area (Å²) in [5.41, 5.74) is -0.194. The van der Waals surface area contributed by atoms with Crippen LogP contribution in [0.2, 0.25) is 5.02 Å². The van der Waals surface area contributed by atoms with E-state index in [1.54, 1.807) is 0 Å². The highest BCUT2D eigenvalue weighted by Gasteiger charge is 2.34. The van der Waals surface area contributed by atoms with Crippen molar-refractivity contribution in [3.63, 3.8) is 0 Å². The molecular weight excluding hydrogens is 302 g/mol. The Hall–Kier alpha value is -1.11. The van der Waals surface area contributed by atoms with Crippen molar-refractivity contribution in [2.75, 3.05) is 6.54 Å². The molecule has 5 nitrogen and oxygen atoms in total. The van der Waals surface area contributed by atoms with Crippen molar-refractivity contribution in [2.24, 2.45) is 0 Å². The van der Waals surface area contributed by atoms with Crippen molar-refractivity contribution in [3.8, 4) is 0 Å². The highest BCUT2D eigenvalue weighted by Crippen LogP contribution is 2.29. The minimum atomic E-state index is -3.66. The van der Waals surface area contributed by atoms with E-state index in [0.29, 0.717) is 6.54 Å². The molecule has 1 unspecified atom stereocenters. The van der Waals surface area contributed by atoms with E-state index >= 15 is 0 Å². The molecule has 1 aromatic carbocycles. The lowest BCUT2D eigenvalue weighted by Gasteiger charge is -2.23. The minimum absolute atomic E-state index is 0.0102. The van der Waals surface area contributed by atoms with Crippen molar-refractivity contribution >= 4 is 27.6 Å². The van der Waals surface area contributed by atoms with E-state index in [-0.39, 0.29) is 21.5 Å². The zero-order chi connectivity index (χ0) is 14.9. The van der Waals surface area contributed by atoms with Gasteiger partial charge in [0.1, 0.15) is 0 Å². The van der Waals surface area contributed by atoms with Gasteiger partial charge in [0.2, 0.25) is 10.0 Å². The molecule has 1 heterocycles. The Balaban J connectivity index is 2.44. The van der Waals surface area contributed by atoms with Crippen LogP contribution in [-0.4, -0.2) is 36.4 Å².